The summed E-state index contributed by atoms with van der Waals surface area (Å²) in [6, 6.07) is 12.5. The van der Waals surface area contributed by atoms with E-state index in [-0.39, 0.29) is 24.3 Å². The summed E-state index contributed by atoms with van der Waals surface area (Å²) in [7, 11) is 1.09. The highest BCUT2D eigenvalue weighted by atomic mass is 16.7. The van der Waals surface area contributed by atoms with Gasteiger partial charge in [0.2, 0.25) is 0 Å². The highest BCUT2D eigenvalue weighted by Crippen LogP contribution is 2.49. The maximum atomic E-state index is 12.1. The minimum Gasteiger partial charge on any atom is -0.468 e. The van der Waals surface area contributed by atoms with Crippen molar-refractivity contribution in [1.82, 2.24) is 0 Å². The van der Waals surface area contributed by atoms with Crippen LogP contribution in [0.1, 0.15) is 46.1 Å². The van der Waals surface area contributed by atoms with Gasteiger partial charge in [0, 0.05) is 0 Å². The van der Waals surface area contributed by atoms with Crippen LogP contribution in [0.3, 0.4) is 0 Å². The molecule has 2 aliphatic rings. The molecule has 2 aromatic carbocycles. The molecule has 0 N–H and O–H groups in total. The molecule has 0 radical (unpaired) electrons. The fourth-order valence-electron chi connectivity index (χ4n) is 3.62. The summed E-state index contributed by atoms with van der Waals surface area (Å²) >= 11 is 0. The van der Waals surface area contributed by atoms with Gasteiger partial charge in [0.1, 0.15) is 0 Å². The molecule has 1 heterocycles. The van der Waals surface area contributed by atoms with Crippen LogP contribution in [-0.4, -0.2) is 31.4 Å². The van der Waals surface area contributed by atoms with Crippen molar-refractivity contribution < 1.29 is 18.8 Å². The second kappa shape index (κ2) is 5.57. The Kier molecular flexibility index (Phi) is 3.77. The molecule has 0 bridgehead atoms. The summed E-state index contributed by atoms with van der Waals surface area (Å²) in [6.45, 7) is 8.23. The standard InChI is InChI=1S/C21H25BO4/c1-19(2)20(3,4)26-22(25-19)17-9-7-14-12-16(8-6-15(14)13-17)21(10-11-21)18(23)24-5/h6-9,12-13H,10-11H2,1-5H3. The van der Waals surface area contributed by atoms with Crippen molar-refractivity contribution in [3.63, 3.8) is 0 Å². The third-order valence-corrected chi connectivity index (χ3v) is 6.27. The predicted octanol–water partition coefficient (Wildman–Crippen LogP) is 3.34. The van der Waals surface area contributed by atoms with Gasteiger partial charge in [0.05, 0.1) is 23.7 Å². The van der Waals surface area contributed by atoms with E-state index < -0.39 is 5.41 Å². The van der Waals surface area contributed by atoms with Gasteiger partial charge in [-0.25, -0.2) is 0 Å². The highest BCUT2D eigenvalue weighted by molar-refractivity contribution is 6.62. The first-order valence-electron chi connectivity index (χ1n) is 9.17. The molecule has 0 spiro atoms. The molecule has 1 aliphatic carbocycles. The molecule has 0 amide bonds. The first-order chi connectivity index (χ1) is 12.2. The molecule has 2 aromatic rings. The number of esters is 1. The Morgan fingerprint density at radius 1 is 0.962 bits per heavy atom. The zero-order valence-electron chi connectivity index (χ0n) is 16.1. The van der Waals surface area contributed by atoms with Gasteiger partial charge in [0.15, 0.2) is 0 Å². The lowest BCUT2D eigenvalue weighted by molar-refractivity contribution is -0.143. The lowest BCUT2D eigenvalue weighted by atomic mass is 9.78. The molecular formula is C21H25BO4. The maximum Gasteiger partial charge on any atom is 0.494 e. The van der Waals surface area contributed by atoms with E-state index in [1.807, 2.05) is 12.1 Å². The summed E-state index contributed by atoms with van der Waals surface area (Å²) in [4.78, 5) is 12.1. The molecule has 0 atom stereocenters. The number of benzene rings is 2. The number of hydrogen-bond donors (Lipinski definition) is 0. The van der Waals surface area contributed by atoms with Crippen molar-refractivity contribution in [1.29, 1.82) is 0 Å². The Hall–Kier alpha value is -1.85. The van der Waals surface area contributed by atoms with Crippen molar-refractivity contribution in [3.8, 4) is 0 Å². The van der Waals surface area contributed by atoms with Crippen molar-refractivity contribution in [2.45, 2.75) is 57.2 Å². The fraction of sp³-hybridized carbons (Fsp3) is 0.476. The Bertz CT molecular complexity index is 867. The van der Waals surface area contributed by atoms with Crippen LogP contribution in [0.5, 0.6) is 0 Å². The van der Waals surface area contributed by atoms with E-state index in [0.717, 1.165) is 34.6 Å². The van der Waals surface area contributed by atoms with Crippen LogP contribution < -0.4 is 5.46 Å². The molecule has 1 saturated carbocycles. The lowest BCUT2D eigenvalue weighted by Gasteiger charge is -2.32. The normalized spacial score (nSPS) is 22.4. The number of methoxy groups -OCH3 is 1. The van der Waals surface area contributed by atoms with E-state index in [9.17, 15) is 4.79 Å². The van der Waals surface area contributed by atoms with Crippen LogP contribution in [0, 0.1) is 0 Å². The van der Waals surface area contributed by atoms with E-state index in [0.29, 0.717) is 0 Å². The van der Waals surface area contributed by atoms with Crippen LogP contribution in [0.25, 0.3) is 10.8 Å². The monoisotopic (exact) mass is 352 g/mol. The molecule has 1 aliphatic heterocycles. The Balaban J connectivity index is 1.66. The number of ether oxygens (including phenoxy) is 1. The van der Waals surface area contributed by atoms with Gasteiger partial charge in [-0.1, -0.05) is 36.4 Å². The summed E-state index contributed by atoms with van der Waals surface area (Å²) in [5.41, 5.74) is 0.913. The number of rotatable bonds is 3. The molecule has 5 heteroatoms. The molecule has 0 unspecified atom stereocenters. The zero-order valence-corrected chi connectivity index (χ0v) is 16.1. The molecule has 4 nitrogen and oxygen atoms in total. The Morgan fingerprint density at radius 2 is 1.54 bits per heavy atom. The smallest absolute Gasteiger partial charge is 0.468 e. The minimum atomic E-state index is -0.437. The predicted molar refractivity (Wildman–Crippen MR) is 103 cm³/mol. The second-order valence-corrected chi connectivity index (χ2v) is 8.48. The van der Waals surface area contributed by atoms with Crippen LogP contribution in [-0.2, 0) is 24.3 Å². The maximum absolute atomic E-state index is 12.1. The third-order valence-electron chi connectivity index (χ3n) is 6.27. The first-order valence-corrected chi connectivity index (χ1v) is 9.17. The van der Waals surface area contributed by atoms with Crippen molar-refractivity contribution in [3.05, 3.63) is 42.0 Å². The molecule has 2 fully saturated rings. The molecule has 0 aromatic heterocycles. The molecule has 136 valence electrons. The van der Waals surface area contributed by atoms with Crippen LogP contribution in [0.15, 0.2) is 36.4 Å². The van der Waals surface area contributed by atoms with Gasteiger partial charge in [0.25, 0.3) is 0 Å². The van der Waals surface area contributed by atoms with Crippen molar-refractivity contribution in [2.75, 3.05) is 7.11 Å². The average Bonchev–Trinajstić information content (AvgIpc) is 3.37. The third kappa shape index (κ3) is 2.57. The van der Waals surface area contributed by atoms with E-state index in [2.05, 4.69) is 52.0 Å². The van der Waals surface area contributed by atoms with Gasteiger partial charge in [-0.05, 0) is 62.3 Å². The SMILES string of the molecule is COC(=O)C1(c2ccc3cc(B4OC(C)(C)C(C)(C)O4)ccc3c2)CC1. The van der Waals surface area contributed by atoms with E-state index in [1.165, 1.54) is 7.11 Å². The van der Waals surface area contributed by atoms with Gasteiger partial charge >= 0.3 is 13.1 Å². The summed E-state index contributed by atoms with van der Waals surface area (Å²) in [5, 5.41) is 2.22. The number of carbonyl (C=O) groups excluding carboxylic acids is 1. The zero-order chi connectivity index (χ0) is 18.7. The van der Waals surface area contributed by atoms with Crippen molar-refractivity contribution >= 4 is 29.3 Å². The molecular weight excluding hydrogens is 327 g/mol. The summed E-state index contributed by atoms with van der Waals surface area (Å²) in [6.07, 6.45) is 1.72. The summed E-state index contributed by atoms with van der Waals surface area (Å²) in [5.74, 6) is -0.134. The molecule has 4 rings (SSSR count). The van der Waals surface area contributed by atoms with Crippen molar-refractivity contribution in [2.24, 2.45) is 0 Å². The average molecular weight is 352 g/mol. The van der Waals surface area contributed by atoms with Crippen LogP contribution in [0.4, 0.5) is 0 Å². The first kappa shape index (κ1) is 17.6. The number of carbonyl (C=O) groups is 1. The topological polar surface area (TPSA) is 44.8 Å². The fourth-order valence-corrected chi connectivity index (χ4v) is 3.62. The number of fused-ring (bicyclic) bond motifs is 1. The van der Waals surface area contributed by atoms with E-state index in [1.54, 1.807) is 0 Å². The highest BCUT2D eigenvalue weighted by Gasteiger charge is 2.53. The summed E-state index contributed by atoms with van der Waals surface area (Å²) < 4.78 is 17.3. The minimum absolute atomic E-state index is 0.134. The van der Waals surface area contributed by atoms with E-state index >= 15 is 0 Å². The van der Waals surface area contributed by atoms with Gasteiger partial charge in [-0.3, -0.25) is 4.79 Å². The second-order valence-electron chi connectivity index (χ2n) is 8.48. The molecule has 26 heavy (non-hydrogen) atoms. The largest absolute Gasteiger partial charge is 0.494 e. The van der Waals surface area contributed by atoms with E-state index in [4.69, 9.17) is 14.0 Å². The number of hydrogen-bond acceptors (Lipinski definition) is 4. The Labute approximate surface area is 155 Å². The lowest BCUT2D eigenvalue weighted by Crippen LogP contribution is -2.41. The van der Waals surface area contributed by atoms with Crippen LogP contribution in [0.2, 0.25) is 0 Å². The van der Waals surface area contributed by atoms with Gasteiger partial charge in [-0.15, -0.1) is 0 Å². The molecule has 1 saturated heterocycles. The quantitative estimate of drug-likeness (QED) is 0.628. The van der Waals surface area contributed by atoms with Gasteiger partial charge < -0.3 is 14.0 Å². The van der Waals surface area contributed by atoms with Gasteiger partial charge in [-0.2, -0.15) is 0 Å². The van der Waals surface area contributed by atoms with Crippen LogP contribution >= 0.6 is 0 Å². The Morgan fingerprint density at radius 3 is 2.12 bits per heavy atom.